The number of esters is 1. The van der Waals surface area contributed by atoms with Gasteiger partial charge >= 0.3 is 11.7 Å². The van der Waals surface area contributed by atoms with Gasteiger partial charge in [-0.1, -0.05) is 25.4 Å². The molecule has 1 amide bonds. The third-order valence-electron chi connectivity index (χ3n) is 4.86. The van der Waals surface area contributed by atoms with E-state index in [0.29, 0.717) is 0 Å². The number of hydrogen-bond acceptors (Lipinski definition) is 9. The maximum Gasteiger partial charge on any atom is 0.342 e. The van der Waals surface area contributed by atoms with Crippen molar-refractivity contribution in [2.45, 2.75) is 25.7 Å². The fourth-order valence-corrected chi connectivity index (χ4v) is 4.91. The molecule has 0 saturated carbocycles. The molecule has 2 rings (SSSR count). The molecule has 0 aliphatic carbocycles. The van der Waals surface area contributed by atoms with Gasteiger partial charge in [0, 0.05) is 24.7 Å². The van der Waals surface area contributed by atoms with Crippen LogP contribution >= 0.6 is 11.6 Å². The molecule has 0 aromatic heterocycles. The van der Waals surface area contributed by atoms with Crippen LogP contribution in [0.15, 0.2) is 29.2 Å². The second kappa shape index (κ2) is 11.3. The number of aromatic hydroxyl groups is 1. The van der Waals surface area contributed by atoms with Gasteiger partial charge in [-0.25, -0.2) is 13.2 Å². The summed E-state index contributed by atoms with van der Waals surface area (Å²) < 4.78 is 37.7. The van der Waals surface area contributed by atoms with E-state index in [1.165, 1.54) is 7.11 Å². The van der Waals surface area contributed by atoms with Crippen LogP contribution in [0.2, 0.25) is 5.02 Å². The van der Waals surface area contributed by atoms with Gasteiger partial charge in [-0.3, -0.25) is 14.9 Å². The Morgan fingerprint density at radius 3 is 2.31 bits per heavy atom. The zero-order chi connectivity index (χ0) is 26.5. The molecule has 0 aliphatic rings. The van der Waals surface area contributed by atoms with E-state index in [4.69, 9.17) is 21.1 Å². The fourth-order valence-electron chi connectivity index (χ4n) is 3.19. The number of benzene rings is 2. The zero-order valence-corrected chi connectivity index (χ0v) is 20.9. The first kappa shape index (κ1) is 27.8. The zero-order valence-electron chi connectivity index (χ0n) is 19.3. The SMILES string of the molecule is CCOC(=O)c1cc(S(=O)(=O)N(CC)CC)cc(NC(=O)c2cc(Cl)c(O)c([N+](=O)[O-])c2)c1OC. The van der Waals surface area contributed by atoms with Gasteiger partial charge in [0.2, 0.25) is 15.8 Å². The van der Waals surface area contributed by atoms with E-state index in [1.54, 1.807) is 20.8 Å². The average Bonchev–Trinajstić information content (AvgIpc) is 2.80. The lowest BCUT2D eigenvalue weighted by Gasteiger charge is -2.21. The van der Waals surface area contributed by atoms with Gasteiger partial charge in [-0.15, -0.1) is 0 Å². The molecule has 2 aromatic rings. The average molecular weight is 530 g/mol. The number of carbonyl (C=O) groups excluding carboxylic acids is 2. The van der Waals surface area contributed by atoms with Gasteiger partial charge in [-0.05, 0) is 25.1 Å². The molecule has 12 nitrogen and oxygen atoms in total. The number of hydrogen-bond donors (Lipinski definition) is 2. The van der Waals surface area contributed by atoms with E-state index in [0.717, 1.165) is 28.6 Å². The van der Waals surface area contributed by atoms with Crippen molar-refractivity contribution < 1.29 is 37.5 Å². The van der Waals surface area contributed by atoms with Crippen molar-refractivity contribution in [2.24, 2.45) is 0 Å². The molecule has 0 aliphatic heterocycles. The molecule has 190 valence electrons. The maximum absolute atomic E-state index is 13.1. The maximum atomic E-state index is 13.1. The standard InChI is InChI=1S/C21H24ClN3O9S/c1-5-24(6-2)35(31,32)13-10-14(21(28)34-7-3)19(33-4)16(11-13)23-20(27)12-8-15(22)18(26)17(9-12)25(29)30/h8-11,26H,5-7H2,1-4H3,(H,23,27). The Kier molecular flexibility index (Phi) is 9.01. The predicted molar refractivity (Wildman–Crippen MR) is 127 cm³/mol. The highest BCUT2D eigenvalue weighted by Crippen LogP contribution is 2.37. The Balaban J connectivity index is 2.71. The van der Waals surface area contributed by atoms with Gasteiger partial charge in [0.05, 0.1) is 34.2 Å². The van der Waals surface area contributed by atoms with Crippen LogP contribution in [0, 0.1) is 10.1 Å². The number of methoxy groups -OCH3 is 1. The highest BCUT2D eigenvalue weighted by Gasteiger charge is 2.29. The highest BCUT2D eigenvalue weighted by molar-refractivity contribution is 7.89. The van der Waals surface area contributed by atoms with Crippen molar-refractivity contribution in [1.82, 2.24) is 4.31 Å². The number of ether oxygens (including phenoxy) is 2. The van der Waals surface area contributed by atoms with Crippen LogP contribution in [0.25, 0.3) is 0 Å². The Labute approximate surface area is 206 Å². The summed E-state index contributed by atoms with van der Waals surface area (Å²) in [5.74, 6) is -2.84. The Morgan fingerprint density at radius 2 is 1.80 bits per heavy atom. The predicted octanol–water partition coefficient (Wildman–Crippen LogP) is 3.42. The van der Waals surface area contributed by atoms with Crippen molar-refractivity contribution >= 4 is 44.9 Å². The second-order valence-corrected chi connectivity index (χ2v) is 9.24. The van der Waals surface area contributed by atoms with Gasteiger partial charge in [0.1, 0.15) is 5.56 Å². The minimum atomic E-state index is -4.08. The van der Waals surface area contributed by atoms with Crippen molar-refractivity contribution in [2.75, 3.05) is 32.1 Å². The van der Waals surface area contributed by atoms with Gasteiger partial charge < -0.3 is 19.9 Å². The molecular formula is C21H24ClN3O9S. The van der Waals surface area contributed by atoms with E-state index in [1.807, 2.05) is 0 Å². The molecule has 0 atom stereocenters. The third kappa shape index (κ3) is 5.81. The summed E-state index contributed by atoms with van der Waals surface area (Å²) in [6.07, 6.45) is 0. The van der Waals surface area contributed by atoms with E-state index in [2.05, 4.69) is 5.32 Å². The van der Waals surface area contributed by atoms with Crippen LogP contribution in [0.4, 0.5) is 11.4 Å². The van der Waals surface area contributed by atoms with Gasteiger partial charge in [-0.2, -0.15) is 4.31 Å². The monoisotopic (exact) mass is 529 g/mol. The lowest BCUT2D eigenvalue weighted by Crippen LogP contribution is -2.31. The first-order chi connectivity index (χ1) is 16.4. The molecule has 0 heterocycles. The smallest absolute Gasteiger partial charge is 0.342 e. The number of nitro groups is 1. The number of nitrogens with one attached hydrogen (secondary N) is 1. The number of sulfonamides is 1. The summed E-state index contributed by atoms with van der Waals surface area (Å²) in [5.41, 5.74) is -1.58. The van der Waals surface area contributed by atoms with Gasteiger partial charge in [0.25, 0.3) is 5.91 Å². The molecule has 2 aromatic carbocycles. The largest absolute Gasteiger partial charge is 0.501 e. The molecule has 0 radical (unpaired) electrons. The molecule has 0 spiro atoms. The molecule has 0 unspecified atom stereocenters. The molecule has 0 bridgehead atoms. The van der Waals surface area contributed by atoms with Gasteiger partial charge in [0.15, 0.2) is 5.75 Å². The second-order valence-electron chi connectivity index (χ2n) is 6.90. The minimum absolute atomic E-state index is 0.00756. The topological polar surface area (TPSA) is 165 Å². The Morgan fingerprint density at radius 1 is 1.17 bits per heavy atom. The van der Waals surface area contributed by atoms with Crippen LogP contribution in [-0.2, 0) is 14.8 Å². The lowest BCUT2D eigenvalue weighted by molar-refractivity contribution is -0.385. The summed E-state index contributed by atoms with van der Waals surface area (Å²) >= 11 is 5.82. The molecule has 0 saturated heterocycles. The summed E-state index contributed by atoms with van der Waals surface area (Å²) in [6.45, 7) is 5.13. The number of halogens is 1. The van der Waals surface area contributed by atoms with Crippen molar-refractivity contribution in [3.05, 3.63) is 50.5 Å². The normalized spacial score (nSPS) is 11.3. The number of anilines is 1. The number of carbonyl (C=O) groups is 2. The van der Waals surface area contributed by atoms with Crippen molar-refractivity contribution in [3.8, 4) is 11.5 Å². The summed E-state index contributed by atoms with van der Waals surface area (Å²) in [7, 11) is -2.87. The van der Waals surface area contributed by atoms with Crippen molar-refractivity contribution in [1.29, 1.82) is 0 Å². The Bertz CT molecular complexity index is 1260. The first-order valence-corrected chi connectivity index (χ1v) is 12.1. The number of phenols is 1. The first-order valence-electron chi connectivity index (χ1n) is 10.3. The fraction of sp³-hybridized carbons (Fsp3) is 0.333. The molecular weight excluding hydrogens is 506 g/mol. The molecule has 35 heavy (non-hydrogen) atoms. The molecule has 0 fully saturated rings. The Hall–Kier alpha value is -3.42. The summed E-state index contributed by atoms with van der Waals surface area (Å²) in [5, 5.41) is 22.9. The molecule has 14 heteroatoms. The summed E-state index contributed by atoms with van der Waals surface area (Å²) in [4.78, 5) is 35.5. The van der Waals surface area contributed by atoms with Crippen LogP contribution in [-0.4, -0.2) is 61.4 Å². The van der Waals surface area contributed by atoms with E-state index in [9.17, 15) is 33.2 Å². The third-order valence-corrected chi connectivity index (χ3v) is 7.17. The minimum Gasteiger partial charge on any atom is -0.501 e. The van der Waals surface area contributed by atoms with E-state index in [-0.39, 0.29) is 47.2 Å². The number of phenolic OH excluding ortho intramolecular Hbond substituents is 1. The van der Waals surface area contributed by atoms with Crippen LogP contribution in [0.5, 0.6) is 11.5 Å². The van der Waals surface area contributed by atoms with E-state index < -0.39 is 43.3 Å². The van der Waals surface area contributed by atoms with Crippen LogP contribution < -0.4 is 10.1 Å². The van der Waals surface area contributed by atoms with Crippen LogP contribution in [0.3, 0.4) is 0 Å². The quantitative estimate of drug-likeness (QED) is 0.266. The van der Waals surface area contributed by atoms with Crippen LogP contribution in [0.1, 0.15) is 41.5 Å². The summed E-state index contributed by atoms with van der Waals surface area (Å²) in [6, 6.07) is 3.98. The number of amides is 1. The van der Waals surface area contributed by atoms with Crippen molar-refractivity contribution in [3.63, 3.8) is 0 Å². The van der Waals surface area contributed by atoms with E-state index >= 15 is 0 Å². The molecule has 2 N–H and O–H groups in total. The lowest BCUT2D eigenvalue weighted by atomic mass is 10.1. The number of nitrogens with zero attached hydrogens (tertiary/aromatic N) is 2. The number of rotatable bonds is 10. The highest BCUT2D eigenvalue weighted by atomic mass is 35.5. The number of nitro benzene ring substituents is 1.